The fraction of sp³-hybridized carbons (Fsp3) is 0.611. The summed E-state index contributed by atoms with van der Waals surface area (Å²) in [6.07, 6.45) is 0.763. The lowest BCUT2D eigenvalue weighted by Crippen LogP contribution is -3.18. The van der Waals surface area contributed by atoms with Gasteiger partial charge in [-0.15, -0.1) is 11.8 Å². The third-order valence-electron chi connectivity index (χ3n) is 5.07. The van der Waals surface area contributed by atoms with Gasteiger partial charge in [0.2, 0.25) is 5.91 Å². The van der Waals surface area contributed by atoms with Crippen LogP contribution < -0.4 is 9.64 Å². The SMILES string of the molecule is CCOc1ccc(SCC(=O)N2CC[NH+]([C@H]3CCS(=O)(=O)C3)CC2)cc1. The van der Waals surface area contributed by atoms with Crippen molar-refractivity contribution in [1.29, 1.82) is 0 Å². The summed E-state index contributed by atoms with van der Waals surface area (Å²) in [7, 11) is -2.83. The molecule has 1 aromatic carbocycles. The Hall–Kier alpha value is -1.25. The van der Waals surface area contributed by atoms with Crippen molar-refractivity contribution >= 4 is 27.5 Å². The minimum Gasteiger partial charge on any atom is -0.494 e. The highest BCUT2D eigenvalue weighted by Crippen LogP contribution is 2.22. The molecular weight excluding hydrogens is 372 g/mol. The Morgan fingerprint density at radius 2 is 1.96 bits per heavy atom. The minimum atomic E-state index is -2.83. The summed E-state index contributed by atoms with van der Waals surface area (Å²) in [6, 6.07) is 8.02. The highest BCUT2D eigenvalue weighted by atomic mass is 32.2. The summed E-state index contributed by atoms with van der Waals surface area (Å²) in [5.41, 5.74) is 0. The first-order valence-corrected chi connectivity index (χ1v) is 12.0. The van der Waals surface area contributed by atoms with Crippen LogP contribution in [0.5, 0.6) is 5.75 Å². The second kappa shape index (κ2) is 8.63. The lowest BCUT2D eigenvalue weighted by molar-refractivity contribution is -0.925. The second-order valence-corrected chi connectivity index (χ2v) is 10.1. The Morgan fingerprint density at radius 1 is 1.27 bits per heavy atom. The molecule has 8 heteroatoms. The molecule has 6 nitrogen and oxygen atoms in total. The number of quaternary nitrogens is 1. The first kappa shape index (κ1) is 19.5. The Balaban J connectivity index is 1.42. The van der Waals surface area contributed by atoms with E-state index in [0.717, 1.165) is 30.2 Å². The Morgan fingerprint density at radius 3 is 2.54 bits per heavy atom. The maximum Gasteiger partial charge on any atom is 0.233 e. The lowest BCUT2D eigenvalue weighted by atomic mass is 10.2. The summed E-state index contributed by atoms with van der Waals surface area (Å²) >= 11 is 1.54. The van der Waals surface area contributed by atoms with Crippen LogP contribution in [0, 0.1) is 0 Å². The van der Waals surface area contributed by atoms with Gasteiger partial charge < -0.3 is 14.5 Å². The molecule has 1 aromatic rings. The fourth-order valence-electron chi connectivity index (χ4n) is 3.60. The number of carbonyl (C=O) groups is 1. The molecule has 2 heterocycles. The maximum absolute atomic E-state index is 12.4. The number of ether oxygens (including phenoxy) is 1. The Kier molecular flexibility index (Phi) is 6.47. The number of nitrogens with one attached hydrogen (secondary N) is 1. The van der Waals surface area contributed by atoms with Crippen molar-refractivity contribution in [2.24, 2.45) is 0 Å². The monoisotopic (exact) mass is 399 g/mol. The van der Waals surface area contributed by atoms with E-state index >= 15 is 0 Å². The van der Waals surface area contributed by atoms with Crippen LogP contribution in [0.3, 0.4) is 0 Å². The maximum atomic E-state index is 12.4. The molecule has 1 atom stereocenters. The van der Waals surface area contributed by atoms with Gasteiger partial charge in [-0.3, -0.25) is 4.79 Å². The van der Waals surface area contributed by atoms with Crippen LogP contribution in [0.2, 0.25) is 0 Å². The predicted octanol–water partition coefficient (Wildman–Crippen LogP) is 0.0916. The first-order valence-electron chi connectivity index (χ1n) is 9.15. The number of rotatable bonds is 6. The Bertz CT molecular complexity index is 713. The van der Waals surface area contributed by atoms with Gasteiger partial charge in [0.25, 0.3) is 0 Å². The quantitative estimate of drug-likeness (QED) is 0.687. The van der Waals surface area contributed by atoms with Crippen molar-refractivity contribution in [3.8, 4) is 5.75 Å². The summed E-state index contributed by atoms with van der Waals surface area (Å²) < 4.78 is 28.7. The standard InChI is InChI=1S/C18H26N2O4S2/c1-2-24-16-3-5-17(6-4-16)25-13-18(21)20-10-8-19(9-11-20)15-7-12-26(22,23)14-15/h3-6,15H,2,7-14H2,1H3/p+1/t15-/m0/s1. The molecule has 2 aliphatic heterocycles. The molecule has 0 radical (unpaired) electrons. The number of hydrogen-bond donors (Lipinski definition) is 1. The average molecular weight is 400 g/mol. The topological polar surface area (TPSA) is 68.1 Å². The Labute approximate surface area is 159 Å². The summed E-state index contributed by atoms with van der Waals surface area (Å²) in [6.45, 7) is 5.72. The van der Waals surface area contributed by atoms with E-state index in [1.807, 2.05) is 36.1 Å². The summed E-state index contributed by atoms with van der Waals surface area (Å²) in [5, 5.41) is 0. The molecule has 26 heavy (non-hydrogen) atoms. The molecule has 1 amide bonds. The largest absolute Gasteiger partial charge is 0.494 e. The van der Waals surface area contributed by atoms with Crippen molar-refractivity contribution in [3.63, 3.8) is 0 Å². The number of piperazine rings is 1. The number of nitrogens with zero attached hydrogens (tertiary/aromatic N) is 1. The minimum absolute atomic E-state index is 0.155. The van der Waals surface area contributed by atoms with Gasteiger partial charge in [0.1, 0.15) is 17.5 Å². The van der Waals surface area contributed by atoms with E-state index in [1.54, 1.807) is 11.8 Å². The molecule has 0 spiro atoms. The third-order valence-corrected chi connectivity index (χ3v) is 7.83. The molecule has 3 rings (SSSR count). The van der Waals surface area contributed by atoms with Gasteiger partial charge in [0.05, 0.1) is 44.3 Å². The van der Waals surface area contributed by atoms with Crippen molar-refractivity contribution in [2.45, 2.75) is 24.3 Å². The fourth-order valence-corrected chi connectivity index (χ4v) is 6.23. The van der Waals surface area contributed by atoms with E-state index in [1.165, 1.54) is 4.90 Å². The van der Waals surface area contributed by atoms with Gasteiger partial charge in [-0.05, 0) is 31.2 Å². The summed E-state index contributed by atoms with van der Waals surface area (Å²) in [5.74, 6) is 2.06. The van der Waals surface area contributed by atoms with Crippen LogP contribution >= 0.6 is 11.8 Å². The molecule has 2 fully saturated rings. The molecule has 0 aromatic heterocycles. The van der Waals surface area contributed by atoms with E-state index in [4.69, 9.17) is 4.74 Å². The normalized spacial score (nSPS) is 23.1. The highest BCUT2D eigenvalue weighted by molar-refractivity contribution is 8.00. The molecule has 0 saturated carbocycles. The van der Waals surface area contributed by atoms with Crippen LogP contribution in [-0.4, -0.2) is 75.3 Å². The average Bonchev–Trinajstić information content (AvgIpc) is 3.01. The highest BCUT2D eigenvalue weighted by Gasteiger charge is 2.37. The smallest absolute Gasteiger partial charge is 0.233 e. The first-order chi connectivity index (χ1) is 12.5. The third kappa shape index (κ3) is 5.14. The van der Waals surface area contributed by atoms with Crippen molar-refractivity contribution in [2.75, 3.05) is 50.0 Å². The molecule has 0 bridgehead atoms. The van der Waals surface area contributed by atoms with E-state index < -0.39 is 9.84 Å². The van der Waals surface area contributed by atoms with E-state index in [-0.39, 0.29) is 11.9 Å². The van der Waals surface area contributed by atoms with Gasteiger partial charge in [-0.25, -0.2) is 8.42 Å². The number of hydrogen-bond acceptors (Lipinski definition) is 5. The molecule has 1 N–H and O–H groups in total. The lowest BCUT2D eigenvalue weighted by Gasteiger charge is -2.35. The summed E-state index contributed by atoms with van der Waals surface area (Å²) in [4.78, 5) is 16.8. The van der Waals surface area contributed by atoms with Crippen molar-refractivity contribution < 1.29 is 22.8 Å². The van der Waals surface area contributed by atoms with Gasteiger partial charge in [0, 0.05) is 11.3 Å². The van der Waals surface area contributed by atoms with Gasteiger partial charge in [-0.1, -0.05) is 0 Å². The van der Waals surface area contributed by atoms with Crippen molar-refractivity contribution in [1.82, 2.24) is 4.90 Å². The molecule has 144 valence electrons. The number of carbonyl (C=O) groups excluding carboxylic acids is 1. The zero-order valence-corrected chi connectivity index (χ0v) is 16.8. The zero-order chi connectivity index (χ0) is 18.6. The van der Waals surface area contributed by atoms with Gasteiger partial charge >= 0.3 is 0 Å². The molecule has 0 unspecified atom stereocenters. The molecular formula is C18H27N2O4S2+. The van der Waals surface area contributed by atoms with Crippen LogP contribution in [0.4, 0.5) is 0 Å². The van der Waals surface area contributed by atoms with Gasteiger partial charge in [0.15, 0.2) is 9.84 Å². The molecule has 2 saturated heterocycles. The van der Waals surface area contributed by atoms with Crippen LogP contribution in [0.1, 0.15) is 13.3 Å². The van der Waals surface area contributed by atoms with Crippen molar-refractivity contribution in [3.05, 3.63) is 24.3 Å². The predicted molar refractivity (Wildman–Crippen MR) is 103 cm³/mol. The van der Waals surface area contributed by atoms with E-state index in [0.29, 0.717) is 37.0 Å². The number of amides is 1. The number of thioether (sulfide) groups is 1. The van der Waals surface area contributed by atoms with E-state index in [9.17, 15) is 13.2 Å². The van der Waals surface area contributed by atoms with Crippen LogP contribution in [0.15, 0.2) is 29.2 Å². The number of sulfone groups is 1. The van der Waals surface area contributed by atoms with Gasteiger partial charge in [-0.2, -0.15) is 0 Å². The second-order valence-electron chi connectivity index (χ2n) is 6.83. The molecule has 2 aliphatic rings. The van der Waals surface area contributed by atoms with E-state index in [2.05, 4.69) is 0 Å². The van der Waals surface area contributed by atoms with Crippen LogP contribution in [0.25, 0.3) is 0 Å². The zero-order valence-electron chi connectivity index (χ0n) is 15.1. The van der Waals surface area contributed by atoms with Crippen LogP contribution in [-0.2, 0) is 14.6 Å². The molecule has 0 aliphatic carbocycles. The number of benzene rings is 1.